The molecule has 0 saturated carbocycles. The monoisotopic (exact) mass is 453 g/mol. The Hall–Kier alpha value is -4.48. The van der Waals surface area contributed by atoms with Crippen molar-refractivity contribution >= 4 is 28.3 Å². The van der Waals surface area contributed by atoms with Gasteiger partial charge in [-0.25, -0.2) is 4.79 Å². The van der Waals surface area contributed by atoms with Crippen molar-refractivity contribution in [3.8, 4) is 11.5 Å². The van der Waals surface area contributed by atoms with Crippen molar-refractivity contribution in [2.75, 3.05) is 13.7 Å². The lowest BCUT2D eigenvalue weighted by Crippen LogP contribution is -2.20. The first-order valence-electron chi connectivity index (χ1n) is 9.85. The molecule has 0 unspecified atom stereocenters. The maximum Gasteiger partial charge on any atom is 0.345 e. The van der Waals surface area contributed by atoms with E-state index >= 15 is 0 Å². The summed E-state index contributed by atoms with van der Waals surface area (Å²) < 4.78 is 18.8. The number of rotatable bonds is 7. The number of esters is 1. The largest absolute Gasteiger partial charge is 0.493 e. The molecule has 0 spiro atoms. The minimum Gasteiger partial charge on any atom is -0.493 e. The van der Waals surface area contributed by atoms with Crippen LogP contribution in [0.15, 0.2) is 41.2 Å². The summed E-state index contributed by atoms with van der Waals surface area (Å²) in [6.45, 7) is 1.64. The van der Waals surface area contributed by atoms with E-state index in [0.29, 0.717) is 10.9 Å². The molecule has 0 N–H and O–H groups in total. The van der Waals surface area contributed by atoms with E-state index in [9.17, 15) is 19.7 Å². The first kappa shape index (κ1) is 21.7. The minimum absolute atomic E-state index is 0.138. The van der Waals surface area contributed by atoms with Crippen molar-refractivity contribution in [3.63, 3.8) is 0 Å². The number of nitro groups is 1. The van der Waals surface area contributed by atoms with E-state index in [1.165, 1.54) is 17.7 Å². The van der Waals surface area contributed by atoms with Gasteiger partial charge in [-0.3, -0.25) is 23.9 Å². The molecule has 4 rings (SSSR count). The van der Waals surface area contributed by atoms with Crippen LogP contribution in [0.25, 0.3) is 16.7 Å². The zero-order chi connectivity index (χ0) is 23.7. The van der Waals surface area contributed by atoms with Gasteiger partial charge in [0.2, 0.25) is 5.78 Å². The van der Waals surface area contributed by atoms with Crippen LogP contribution in [0, 0.1) is 10.1 Å². The van der Waals surface area contributed by atoms with E-state index in [1.54, 1.807) is 42.6 Å². The van der Waals surface area contributed by atoms with E-state index in [-0.39, 0.29) is 47.4 Å². The maximum atomic E-state index is 12.8. The topological polar surface area (TPSA) is 140 Å². The molecule has 12 nitrogen and oxygen atoms in total. The van der Waals surface area contributed by atoms with E-state index < -0.39 is 16.6 Å². The van der Waals surface area contributed by atoms with Crippen LogP contribution in [0.1, 0.15) is 23.1 Å². The Labute approximate surface area is 186 Å². The molecule has 2 aromatic carbocycles. The lowest BCUT2D eigenvalue weighted by molar-refractivity contribution is -0.385. The van der Waals surface area contributed by atoms with E-state index in [1.807, 2.05) is 0 Å². The molecule has 0 saturated heterocycles. The Morgan fingerprint density at radius 3 is 2.64 bits per heavy atom. The SMILES string of the molecule is CCOc1cc([N+](=O)[O-])c(C(=O)OCc2nnc3n(C)c(=O)c4ccccc4n23)cc1OC. The molecule has 4 aromatic rings. The van der Waals surface area contributed by atoms with Gasteiger partial charge in [0.05, 0.1) is 35.6 Å². The predicted molar refractivity (Wildman–Crippen MR) is 116 cm³/mol. The normalized spacial score (nSPS) is 11.0. The van der Waals surface area contributed by atoms with Gasteiger partial charge in [-0.05, 0) is 19.1 Å². The number of fused-ring (bicyclic) bond motifs is 3. The molecular formula is C21H19N5O7. The molecule has 170 valence electrons. The minimum atomic E-state index is -0.950. The van der Waals surface area contributed by atoms with Gasteiger partial charge < -0.3 is 14.2 Å². The molecule has 2 heterocycles. The molecule has 0 aliphatic carbocycles. The second-order valence-corrected chi connectivity index (χ2v) is 6.92. The van der Waals surface area contributed by atoms with E-state index in [4.69, 9.17) is 14.2 Å². The number of methoxy groups -OCH3 is 1. The van der Waals surface area contributed by atoms with Crippen molar-refractivity contribution in [2.24, 2.45) is 7.05 Å². The number of carbonyl (C=O) groups is 1. The molecule has 0 atom stereocenters. The first-order chi connectivity index (χ1) is 15.9. The lowest BCUT2D eigenvalue weighted by atomic mass is 10.1. The number of benzene rings is 2. The number of aryl methyl sites for hydroxylation is 1. The quantitative estimate of drug-likeness (QED) is 0.234. The molecule has 0 aliphatic rings. The highest BCUT2D eigenvalue weighted by Crippen LogP contribution is 2.35. The summed E-state index contributed by atoms with van der Waals surface area (Å²) in [4.78, 5) is 36.2. The molecule has 2 aromatic heterocycles. The van der Waals surface area contributed by atoms with Gasteiger partial charge >= 0.3 is 5.97 Å². The number of nitro benzene ring substituents is 1. The van der Waals surface area contributed by atoms with Gasteiger partial charge in [0.1, 0.15) is 5.56 Å². The Bertz CT molecular complexity index is 1460. The number of nitrogens with zero attached hydrogens (tertiary/aromatic N) is 5. The third-order valence-electron chi connectivity index (χ3n) is 5.02. The number of hydrogen-bond donors (Lipinski definition) is 0. The highest BCUT2D eigenvalue weighted by molar-refractivity contribution is 5.95. The van der Waals surface area contributed by atoms with Crippen LogP contribution in [0.2, 0.25) is 0 Å². The summed E-state index contributed by atoms with van der Waals surface area (Å²) in [5, 5.41) is 20.1. The second kappa shape index (κ2) is 8.57. The Morgan fingerprint density at radius 2 is 1.94 bits per heavy atom. The van der Waals surface area contributed by atoms with Crippen LogP contribution in [0.3, 0.4) is 0 Å². The molecule has 0 radical (unpaired) electrons. The average molecular weight is 453 g/mol. The third-order valence-corrected chi connectivity index (χ3v) is 5.02. The zero-order valence-electron chi connectivity index (χ0n) is 18.0. The molecule has 0 aliphatic heterocycles. The third kappa shape index (κ3) is 3.71. The van der Waals surface area contributed by atoms with Crippen LogP contribution >= 0.6 is 0 Å². The van der Waals surface area contributed by atoms with Gasteiger partial charge in [0.15, 0.2) is 23.9 Å². The average Bonchev–Trinajstić information content (AvgIpc) is 3.25. The Kier molecular flexibility index (Phi) is 5.65. The van der Waals surface area contributed by atoms with Crippen molar-refractivity contribution in [3.05, 3.63) is 68.3 Å². The highest BCUT2D eigenvalue weighted by Gasteiger charge is 2.26. The van der Waals surface area contributed by atoms with Crippen LogP contribution in [-0.2, 0) is 18.4 Å². The smallest absolute Gasteiger partial charge is 0.345 e. The maximum absolute atomic E-state index is 12.8. The summed E-state index contributed by atoms with van der Waals surface area (Å²) in [5.41, 5.74) is -0.485. The van der Waals surface area contributed by atoms with Crippen LogP contribution in [0.4, 0.5) is 5.69 Å². The summed E-state index contributed by atoms with van der Waals surface area (Å²) in [7, 11) is 2.92. The summed E-state index contributed by atoms with van der Waals surface area (Å²) in [6, 6.07) is 9.20. The van der Waals surface area contributed by atoms with Gasteiger partial charge in [0, 0.05) is 13.1 Å². The molecule has 0 fully saturated rings. The lowest BCUT2D eigenvalue weighted by Gasteiger charge is -2.12. The summed E-state index contributed by atoms with van der Waals surface area (Å²) in [6.07, 6.45) is 0. The van der Waals surface area contributed by atoms with Crippen LogP contribution in [-0.4, -0.2) is 43.8 Å². The fraction of sp³-hybridized carbons (Fsp3) is 0.238. The first-order valence-corrected chi connectivity index (χ1v) is 9.85. The Balaban J connectivity index is 1.72. The van der Waals surface area contributed by atoms with E-state index in [0.717, 1.165) is 6.07 Å². The van der Waals surface area contributed by atoms with Gasteiger partial charge in [-0.15, -0.1) is 10.2 Å². The summed E-state index contributed by atoms with van der Waals surface area (Å²) in [5.74, 6) is -0.152. The zero-order valence-corrected chi connectivity index (χ0v) is 18.0. The standard InChI is InChI=1S/C21H19N5O7/c1-4-32-17-10-15(26(29)30)13(9-16(17)31-3)20(28)33-11-18-22-23-21-24(2)19(27)12-7-5-6-8-14(12)25(18)21/h5-10H,4,11H2,1-3H3. The molecule has 12 heteroatoms. The van der Waals surface area contributed by atoms with Crippen LogP contribution in [0.5, 0.6) is 11.5 Å². The van der Waals surface area contributed by atoms with Gasteiger partial charge in [-0.1, -0.05) is 12.1 Å². The number of hydrogen-bond acceptors (Lipinski definition) is 9. The second-order valence-electron chi connectivity index (χ2n) is 6.92. The van der Waals surface area contributed by atoms with Crippen LogP contribution < -0.4 is 15.0 Å². The Morgan fingerprint density at radius 1 is 1.18 bits per heavy atom. The summed E-state index contributed by atoms with van der Waals surface area (Å²) >= 11 is 0. The molecule has 0 amide bonds. The molecule has 33 heavy (non-hydrogen) atoms. The van der Waals surface area contributed by atoms with Crippen molar-refractivity contribution in [2.45, 2.75) is 13.5 Å². The van der Waals surface area contributed by atoms with E-state index in [2.05, 4.69) is 10.2 Å². The number of ether oxygens (including phenoxy) is 3. The molecule has 0 bridgehead atoms. The predicted octanol–water partition coefficient (Wildman–Crippen LogP) is 2.25. The van der Waals surface area contributed by atoms with Crippen molar-refractivity contribution in [1.82, 2.24) is 19.2 Å². The number of aromatic nitrogens is 4. The fourth-order valence-electron chi connectivity index (χ4n) is 3.48. The highest BCUT2D eigenvalue weighted by atomic mass is 16.6. The number of carbonyl (C=O) groups excluding carboxylic acids is 1. The molecular weight excluding hydrogens is 434 g/mol. The van der Waals surface area contributed by atoms with Crippen molar-refractivity contribution in [1.29, 1.82) is 0 Å². The van der Waals surface area contributed by atoms with Gasteiger partial charge in [0.25, 0.3) is 11.2 Å². The van der Waals surface area contributed by atoms with Gasteiger partial charge in [-0.2, -0.15) is 0 Å². The van der Waals surface area contributed by atoms with Crippen molar-refractivity contribution < 1.29 is 23.9 Å². The number of para-hydroxylation sites is 1. The fourth-order valence-corrected chi connectivity index (χ4v) is 3.48.